The first-order valence-corrected chi connectivity index (χ1v) is 7.51. The first kappa shape index (κ1) is 17.3. The predicted molar refractivity (Wildman–Crippen MR) is 97.3 cm³/mol. The molecule has 0 aliphatic rings. The van der Waals surface area contributed by atoms with Crippen molar-refractivity contribution in [3.8, 4) is 0 Å². The molecule has 6 heteroatoms. The second kappa shape index (κ2) is 8.01. The van der Waals surface area contributed by atoms with E-state index in [9.17, 15) is 9.90 Å². The number of benzene rings is 2. The average molecular weight is 322 g/mol. The lowest BCUT2D eigenvalue weighted by atomic mass is 9.95. The van der Waals surface area contributed by atoms with E-state index in [1.807, 2.05) is 50.3 Å². The van der Waals surface area contributed by atoms with Crippen LogP contribution in [0.25, 0.3) is 5.76 Å². The maximum Gasteiger partial charge on any atom is 0.412 e. The summed E-state index contributed by atoms with van der Waals surface area (Å²) < 4.78 is 5.12. The van der Waals surface area contributed by atoms with Gasteiger partial charge in [0.2, 0.25) is 0 Å². The van der Waals surface area contributed by atoms with Crippen LogP contribution in [0.1, 0.15) is 18.1 Å². The van der Waals surface area contributed by atoms with Gasteiger partial charge in [-0.25, -0.2) is 4.79 Å². The third-order valence-corrected chi connectivity index (χ3v) is 3.38. The molecule has 0 fully saturated rings. The molecule has 2 aromatic rings. The number of aliphatic hydroxyl groups excluding tert-OH is 1. The van der Waals surface area contributed by atoms with E-state index < -0.39 is 6.09 Å². The lowest BCUT2D eigenvalue weighted by Gasteiger charge is -2.12. The molecule has 0 saturated carbocycles. The summed E-state index contributed by atoms with van der Waals surface area (Å²) in [6, 6.07) is 16.4. The van der Waals surface area contributed by atoms with Gasteiger partial charge in [-0.3, -0.25) is 5.32 Å². The molecule has 24 heavy (non-hydrogen) atoms. The van der Waals surface area contributed by atoms with Crippen LogP contribution < -0.4 is 10.8 Å². The zero-order chi connectivity index (χ0) is 17.5. The Morgan fingerprint density at radius 1 is 1.17 bits per heavy atom. The molecule has 1 amide bonds. The molecule has 2 rings (SSSR count). The first-order chi connectivity index (χ1) is 11.5. The molecule has 122 valence electrons. The molecular weight excluding hydrogens is 303 g/mol. The molecule has 0 spiro atoms. The van der Waals surface area contributed by atoms with Crippen LogP contribution in [0.4, 0.5) is 4.79 Å². The van der Waals surface area contributed by atoms with Gasteiger partial charge in [0.15, 0.2) is 0 Å². The largest absolute Gasteiger partial charge is 0.505 e. The van der Waals surface area contributed by atoms with Crippen molar-refractivity contribution < 1.29 is 14.6 Å². The normalized spacial score (nSPS) is 11.4. The van der Waals surface area contributed by atoms with Crippen LogP contribution in [0.15, 0.2) is 60.3 Å². The molecule has 0 heterocycles. The molecule has 0 aliphatic heterocycles. The van der Waals surface area contributed by atoms with Crippen LogP contribution in [0.2, 0.25) is 0 Å². The van der Waals surface area contributed by atoms with Crippen molar-refractivity contribution in [3.63, 3.8) is 0 Å². The summed E-state index contributed by atoms with van der Waals surface area (Å²) in [6.45, 7) is 1.60. The highest BCUT2D eigenvalue weighted by Crippen LogP contribution is 2.14. The molecule has 0 unspecified atom stereocenters. The van der Waals surface area contributed by atoms with E-state index >= 15 is 0 Å². The maximum atomic E-state index is 11.9. The van der Waals surface area contributed by atoms with Crippen LogP contribution in [0, 0.1) is 5.41 Å². The van der Waals surface area contributed by atoms with Gasteiger partial charge in [0, 0.05) is 5.56 Å². The number of amides is 1. The Kier molecular flexibility index (Phi) is 5.79. The summed E-state index contributed by atoms with van der Waals surface area (Å²) in [5.41, 5.74) is 2.48. The molecule has 2 aromatic carbocycles. The Hall–Kier alpha value is -3.02. The van der Waals surface area contributed by atoms with Crippen molar-refractivity contribution in [2.75, 3.05) is 0 Å². The molecule has 0 bridgehead atoms. The molecule has 0 atom stereocenters. The lowest BCUT2D eigenvalue weighted by molar-refractivity contribution is 0.143. The Morgan fingerprint density at radius 3 is 2.38 bits per heavy atom. The van der Waals surface area contributed by atoms with Gasteiger partial charge in [0.05, 0.1) is 5.71 Å². The number of ether oxygens (including phenoxy) is 1. The number of carbonyl (C=O) groups excluding carboxylic acids is 1. The standard InChI is InChI=1S/C18H19BN2O3/c1-12(20)16(17(22)14-7-9-15(19)10-8-14)21-18(23)24-11-13-5-3-2-4-6-13/h2-10,20,22H,11,19H2,1H3,(H,21,23)/b17-16+,20-12?. The van der Waals surface area contributed by atoms with Crippen molar-refractivity contribution in [2.45, 2.75) is 13.5 Å². The van der Waals surface area contributed by atoms with Gasteiger partial charge in [-0.2, -0.15) is 0 Å². The van der Waals surface area contributed by atoms with Crippen molar-refractivity contribution in [1.29, 1.82) is 5.41 Å². The molecule has 0 aromatic heterocycles. The molecule has 0 radical (unpaired) electrons. The van der Waals surface area contributed by atoms with E-state index in [-0.39, 0.29) is 23.8 Å². The fraction of sp³-hybridized carbons (Fsp3) is 0.111. The highest BCUT2D eigenvalue weighted by molar-refractivity contribution is 6.32. The number of nitrogens with one attached hydrogen (secondary N) is 2. The summed E-state index contributed by atoms with van der Waals surface area (Å²) in [6.07, 6.45) is -0.723. The highest BCUT2D eigenvalue weighted by Gasteiger charge is 2.14. The minimum absolute atomic E-state index is 0.0249. The van der Waals surface area contributed by atoms with Gasteiger partial charge in [-0.1, -0.05) is 60.1 Å². The number of alkyl carbamates (subject to hydrolysis) is 1. The summed E-state index contributed by atoms with van der Waals surface area (Å²) in [5.74, 6) is -0.167. The monoisotopic (exact) mass is 322 g/mol. The van der Waals surface area contributed by atoms with Crippen molar-refractivity contribution in [3.05, 3.63) is 71.4 Å². The second-order valence-electron chi connectivity index (χ2n) is 5.40. The summed E-state index contributed by atoms with van der Waals surface area (Å²) in [7, 11) is 1.94. The number of carbonyl (C=O) groups is 1. The van der Waals surface area contributed by atoms with Crippen LogP contribution in [0.5, 0.6) is 0 Å². The topological polar surface area (TPSA) is 82.4 Å². The third kappa shape index (κ3) is 4.74. The molecular formula is C18H19BN2O3. The number of hydrogen-bond acceptors (Lipinski definition) is 4. The van der Waals surface area contributed by atoms with Crippen LogP contribution in [-0.2, 0) is 11.3 Å². The van der Waals surface area contributed by atoms with E-state index in [4.69, 9.17) is 10.1 Å². The first-order valence-electron chi connectivity index (χ1n) is 7.51. The fourth-order valence-corrected chi connectivity index (χ4v) is 2.05. The maximum absolute atomic E-state index is 11.9. The van der Waals surface area contributed by atoms with E-state index in [0.717, 1.165) is 11.0 Å². The van der Waals surface area contributed by atoms with Gasteiger partial charge < -0.3 is 15.3 Å². The van der Waals surface area contributed by atoms with Gasteiger partial charge in [0.1, 0.15) is 25.9 Å². The van der Waals surface area contributed by atoms with E-state index in [0.29, 0.717) is 5.56 Å². The zero-order valence-corrected chi connectivity index (χ0v) is 13.7. The Morgan fingerprint density at radius 2 is 1.79 bits per heavy atom. The van der Waals surface area contributed by atoms with Crippen molar-refractivity contribution >= 4 is 30.9 Å². The highest BCUT2D eigenvalue weighted by atomic mass is 16.5. The van der Waals surface area contributed by atoms with Gasteiger partial charge in [-0.15, -0.1) is 0 Å². The van der Waals surface area contributed by atoms with Crippen LogP contribution in [0.3, 0.4) is 0 Å². The molecule has 0 saturated heterocycles. The van der Waals surface area contributed by atoms with Crippen molar-refractivity contribution in [2.24, 2.45) is 0 Å². The third-order valence-electron chi connectivity index (χ3n) is 3.38. The Bertz CT molecular complexity index is 756. The SMILES string of the molecule is Bc1ccc(/C(O)=C(\NC(=O)OCc2ccccc2)C(C)=N)cc1. The minimum atomic E-state index is -0.723. The van der Waals surface area contributed by atoms with Crippen molar-refractivity contribution in [1.82, 2.24) is 5.32 Å². The fourth-order valence-electron chi connectivity index (χ4n) is 2.05. The second-order valence-corrected chi connectivity index (χ2v) is 5.40. The van der Waals surface area contributed by atoms with Crippen LogP contribution in [-0.4, -0.2) is 24.8 Å². The van der Waals surface area contributed by atoms with Gasteiger partial charge in [-0.05, 0) is 12.5 Å². The smallest absolute Gasteiger partial charge is 0.412 e. The summed E-state index contributed by atoms with van der Waals surface area (Å²) in [4.78, 5) is 11.9. The van der Waals surface area contributed by atoms with Gasteiger partial charge >= 0.3 is 6.09 Å². The van der Waals surface area contributed by atoms with Crippen LogP contribution >= 0.6 is 0 Å². The predicted octanol–water partition coefficient (Wildman–Crippen LogP) is 2.14. The lowest BCUT2D eigenvalue weighted by Crippen LogP contribution is -2.28. The summed E-state index contributed by atoms with van der Waals surface area (Å²) in [5, 5.41) is 20.6. The zero-order valence-electron chi connectivity index (χ0n) is 13.7. The Balaban J connectivity index is 2.10. The summed E-state index contributed by atoms with van der Waals surface area (Å²) >= 11 is 0. The Labute approximate surface area is 141 Å². The minimum Gasteiger partial charge on any atom is -0.505 e. The van der Waals surface area contributed by atoms with E-state index in [1.54, 1.807) is 12.1 Å². The number of aliphatic hydroxyl groups is 1. The quantitative estimate of drug-likeness (QED) is 0.448. The average Bonchev–Trinajstić information content (AvgIpc) is 2.58. The van der Waals surface area contributed by atoms with E-state index in [1.165, 1.54) is 6.92 Å². The van der Waals surface area contributed by atoms with Gasteiger partial charge in [0.25, 0.3) is 0 Å². The molecule has 0 aliphatic carbocycles. The van der Waals surface area contributed by atoms with E-state index in [2.05, 4.69) is 5.32 Å². The number of rotatable bonds is 5. The molecule has 5 nitrogen and oxygen atoms in total. The number of allylic oxidation sites excluding steroid dienone is 1. The number of hydrogen-bond donors (Lipinski definition) is 3. The molecule has 3 N–H and O–H groups in total.